The first-order chi connectivity index (χ1) is 31.2. The first kappa shape index (κ1) is 52.7. The molecule has 0 atom stereocenters. The molecular weight excluding hydrogens is 979 g/mol. The van der Waals surface area contributed by atoms with Crippen LogP contribution in [0.2, 0.25) is 0 Å². The maximum atomic E-state index is 12.7. The Morgan fingerprint density at radius 1 is 0.848 bits per heavy atom. The van der Waals surface area contributed by atoms with Gasteiger partial charge in [-0.3, -0.25) is 24.5 Å². The number of carbonyl (C=O) groups is 2. The summed E-state index contributed by atoms with van der Waals surface area (Å²) >= 11 is 5.34. The summed E-state index contributed by atoms with van der Waals surface area (Å²) in [6, 6.07) is 18.1. The van der Waals surface area contributed by atoms with E-state index in [1.54, 1.807) is 47.9 Å². The molecule has 0 saturated carbocycles. The molecule has 0 bridgehead atoms. The number of alkyl halides is 3. The van der Waals surface area contributed by atoms with Crippen molar-refractivity contribution in [1.82, 2.24) is 30.1 Å². The van der Waals surface area contributed by atoms with Crippen LogP contribution in [-0.4, -0.2) is 52.3 Å². The van der Waals surface area contributed by atoms with E-state index in [1.165, 1.54) is 78.8 Å². The monoisotopic (exact) mass is 1010 g/mol. The van der Waals surface area contributed by atoms with E-state index in [0.29, 0.717) is 45.2 Å². The average Bonchev–Trinajstić information content (AvgIpc) is 4.00. The number of aromatic nitrogens is 6. The molecule has 6 aromatic heterocycles. The Balaban J connectivity index is 0.000000340. The summed E-state index contributed by atoms with van der Waals surface area (Å²) in [7, 11) is 0. The van der Waals surface area contributed by atoms with Gasteiger partial charge in [-0.2, -0.15) is 23.6 Å². The fraction of sp³-hybridized carbons (Fsp3) is 0.152. The summed E-state index contributed by atoms with van der Waals surface area (Å²) < 4.78 is 38.2. The number of unbranched alkanes of at least 4 members (excludes halogenated alkanes) is 3. The van der Waals surface area contributed by atoms with E-state index in [1.807, 2.05) is 12.1 Å². The van der Waals surface area contributed by atoms with Gasteiger partial charge in [0.25, 0.3) is 11.4 Å². The second kappa shape index (κ2) is 26.2. The number of hydrogen-bond acceptors (Lipinski definition) is 10. The van der Waals surface area contributed by atoms with E-state index >= 15 is 0 Å². The molecule has 0 aliphatic carbocycles. The first-order valence-corrected chi connectivity index (χ1v) is 20.3. The van der Waals surface area contributed by atoms with E-state index in [4.69, 9.17) is 28.9 Å². The Morgan fingerprint density at radius 2 is 1.41 bits per heavy atom. The fourth-order valence-corrected chi connectivity index (χ4v) is 6.75. The molecule has 20 heteroatoms. The largest absolute Gasteiger partial charge is 2.00 e. The minimum absolute atomic E-state index is 0. The van der Waals surface area contributed by atoms with Gasteiger partial charge in [-0.15, -0.1) is 11.3 Å². The zero-order valence-corrected chi connectivity index (χ0v) is 37.8. The zero-order chi connectivity index (χ0) is 47.4. The molecule has 0 aliphatic rings. The number of pyridine rings is 4. The molecule has 0 unspecified atom stereocenters. The molecule has 0 saturated heterocycles. The van der Waals surface area contributed by atoms with Crippen molar-refractivity contribution in [3.8, 4) is 50.7 Å². The van der Waals surface area contributed by atoms with Crippen molar-refractivity contribution in [2.75, 3.05) is 0 Å². The molecule has 0 spiro atoms. The van der Waals surface area contributed by atoms with Crippen molar-refractivity contribution in [1.29, 1.82) is 5.26 Å². The summed E-state index contributed by atoms with van der Waals surface area (Å²) in [5, 5.41) is 44.6. The van der Waals surface area contributed by atoms with Gasteiger partial charge >= 0.3 is 37.6 Å². The molecule has 6 rings (SSSR count). The van der Waals surface area contributed by atoms with E-state index in [9.17, 15) is 27.9 Å². The first-order valence-electron chi connectivity index (χ1n) is 19.0. The van der Waals surface area contributed by atoms with Gasteiger partial charge in [-0.05, 0) is 125 Å². The summed E-state index contributed by atoms with van der Waals surface area (Å²) in [5.41, 5.74) is 3.58. The van der Waals surface area contributed by atoms with E-state index < -0.39 is 35.2 Å². The van der Waals surface area contributed by atoms with Gasteiger partial charge in [0.15, 0.2) is 0 Å². The standard InChI is InChI=1S/C26H14N6O4.C19H19F3N3S.CNS.Ru/c1-28-23(25(33)34)12-17-6-9-31-20(11-17)22-14-18(15-24(29-2)26(35)36)13-21(32-22)19-10-16(4-3-7-27)5-8-30-19;1-2-3-4-5-6-13-8-10-26-18(13)14-7-9-23-15(11-14)16-12-17(25-24-16)19(20,21)22;2-1-3;/h3-6,8-15H,(H,33,34)(H,35,36);7-12H,2-6H2,1H3;;/q;2*-1;+2/b4-3+,23-12+,24-15+;;;. The average molecular weight is 1010 g/mol. The molecule has 66 heavy (non-hydrogen) atoms. The van der Waals surface area contributed by atoms with E-state index in [0.717, 1.165) is 29.3 Å². The van der Waals surface area contributed by atoms with E-state index in [-0.39, 0.29) is 25.2 Å². The number of nitriles is 1. The molecule has 2 N–H and O–H groups in total. The number of halogens is 3. The summed E-state index contributed by atoms with van der Waals surface area (Å²) in [5.74, 6) is -2.76. The number of thiophene rings is 1. The minimum atomic E-state index is -4.50. The molecule has 0 aliphatic heterocycles. The number of nitrogens with zero attached hydrogens (tertiary/aromatic N) is 10. The van der Waals surface area contributed by atoms with Gasteiger partial charge in [-0.25, -0.2) is 14.7 Å². The van der Waals surface area contributed by atoms with Gasteiger partial charge < -0.3 is 25.8 Å². The second-order valence-corrected chi connectivity index (χ2v) is 14.3. The van der Waals surface area contributed by atoms with Gasteiger partial charge in [0, 0.05) is 29.5 Å². The number of carboxylic acids is 2. The predicted molar refractivity (Wildman–Crippen MR) is 243 cm³/mol. The predicted octanol–water partition coefficient (Wildman–Crippen LogP) is 11.1. The number of rotatable bonds is 14. The Bertz CT molecular complexity index is 2920. The van der Waals surface area contributed by atoms with Crippen molar-refractivity contribution in [3.05, 3.63) is 158 Å². The molecule has 6 aromatic rings. The number of thiocarbonyl (C=S) groups is 1. The number of hydrogen-bond donors (Lipinski definition) is 2. The van der Waals surface area contributed by atoms with Gasteiger partial charge in [0.2, 0.25) is 0 Å². The third kappa shape index (κ3) is 15.6. The number of aryl methyl sites for hydroxylation is 1. The van der Waals surface area contributed by atoms with Crippen LogP contribution in [0.4, 0.5) is 13.2 Å². The molecular formula is C46H33F3N10O4RuS2. The number of isothiocyanates is 1. The molecule has 6 heterocycles. The Kier molecular flexibility index (Phi) is 20.9. The van der Waals surface area contributed by atoms with E-state index in [2.05, 4.69) is 70.4 Å². The van der Waals surface area contributed by atoms with Crippen LogP contribution in [0.1, 0.15) is 60.6 Å². The second-order valence-electron chi connectivity index (χ2n) is 13.2. The molecule has 0 amide bonds. The van der Waals surface area contributed by atoms with Crippen LogP contribution in [0.25, 0.3) is 77.9 Å². The topological polar surface area (TPSA) is 208 Å². The SMILES string of the molecule is CCCCCCc1ccsc1-c1ccnc(-c2cc(C(F)(F)F)n[n-]2)c1.[C-]#[N+]/C(=C/c1ccnc(-c2cc(/C=C(/[N+]#[C-])C(=O)O)cc(-c3cc(/C=C/C#N)ccn3)n2)c1)C(=O)O.[N-]=C=S.[Ru+2]. The molecule has 0 aromatic carbocycles. The zero-order valence-electron chi connectivity index (χ0n) is 34.4. The molecule has 0 radical (unpaired) electrons. The molecule has 0 fully saturated rings. The van der Waals surface area contributed by atoms with Crippen molar-refractivity contribution in [3.63, 3.8) is 0 Å². The van der Waals surface area contributed by atoms with Gasteiger partial charge in [-0.1, -0.05) is 44.1 Å². The van der Waals surface area contributed by atoms with Crippen LogP contribution in [0.15, 0.2) is 102 Å². The summed E-state index contributed by atoms with van der Waals surface area (Å²) in [6.45, 7) is 16.3. The fourth-order valence-electron chi connectivity index (χ4n) is 5.80. The summed E-state index contributed by atoms with van der Waals surface area (Å²) in [4.78, 5) is 47.1. The number of aliphatic carboxylic acids is 2. The quantitative estimate of drug-likeness (QED) is 0.0199. The van der Waals surface area contributed by atoms with Gasteiger partial charge in [0.1, 0.15) is 5.69 Å². The van der Waals surface area contributed by atoms with Crippen molar-refractivity contribution in [2.24, 2.45) is 0 Å². The Hall–Kier alpha value is -7.65. The van der Waals surface area contributed by atoms with Gasteiger partial charge in [0.05, 0.1) is 47.7 Å². The summed E-state index contributed by atoms with van der Waals surface area (Å²) in [6.07, 6.45) is 11.1. The third-order valence-electron chi connectivity index (χ3n) is 8.74. The Labute approximate surface area is 398 Å². The smallest absolute Gasteiger partial charge is 0.753 e. The maximum Gasteiger partial charge on any atom is 2.00 e. The van der Waals surface area contributed by atoms with Crippen LogP contribution >= 0.6 is 23.6 Å². The van der Waals surface area contributed by atoms with Crippen LogP contribution in [0.5, 0.6) is 0 Å². The Morgan fingerprint density at radius 3 is 1.97 bits per heavy atom. The molecule has 332 valence electrons. The minimum Gasteiger partial charge on any atom is -0.753 e. The number of allylic oxidation sites excluding steroid dienone is 1. The van der Waals surface area contributed by atoms with Crippen LogP contribution in [-0.2, 0) is 41.7 Å². The maximum absolute atomic E-state index is 12.7. The van der Waals surface area contributed by atoms with Crippen LogP contribution in [0.3, 0.4) is 0 Å². The normalized spacial score (nSPS) is 11.0. The van der Waals surface area contributed by atoms with Crippen molar-refractivity contribution >= 4 is 58.9 Å². The van der Waals surface area contributed by atoms with Crippen LogP contribution < -0.4 is 5.10 Å². The van der Waals surface area contributed by atoms with Crippen LogP contribution in [0, 0.1) is 24.5 Å². The van der Waals surface area contributed by atoms with Crippen molar-refractivity contribution in [2.45, 2.75) is 45.2 Å². The number of carboxylic acid groups (broad SMARTS) is 2. The third-order valence-corrected chi connectivity index (χ3v) is 9.74. The van der Waals surface area contributed by atoms with Crippen molar-refractivity contribution < 1.29 is 52.5 Å². The molecule has 14 nitrogen and oxygen atoms in total.